The molecule has 0 spiro atoms. The molecule has 0 heterocycles. The SMILES string of the molecule is CCS(=O)(=O)C(=O)[CH]C(=O)NN. The summed E-state index contributed by atoms with van der Waals surface area (Å²) >= 11 is 0. The van der Waals surface area contributed by atoms with E-state index in [-0.39, 0.29) is 5.75 Å². The molecule has 1 radical (unpaired) electrons. The summed E-state index contributed by atoms with van der Waals surface area (Å²) in [6.07, 6.45) is 0.402. The van der Waals surface area contributed by atoms with Crippen molar-refractivity contribution in [1.82, 2.24) is 5.43 Å². The molecule has 69 valence electrons. The molecule has 6 nitrogen and oxygen atoms in total. The molecule has 0 saturated carbocycles. The van der Waals surface area contributed by atoms with E-state index >= 15 is 0 Å². The summed E-state index contributed by atoms with van der Waals surface area (Å²) in [5.74, 6) is 3.36. The molecule has 0 aliphatic carbocycles. The molecule has 1 amide bonds. The first-order valence-corrected chi connectivity index (χ1v) is 4.71. The Morgan fingerprint density at radius 1 is 1.50 bits per heavy atom. The Morgan fingerprint density at radius 3 is 2.33 bits per heavy atom. The normalized spacial score (nSPS) is 10.8. The fourth-order valence-electron chi connectivity index (χ4n) is 0.381. The Kier molecular flexibility index (Phi) is 3.84. The number of hydrogen-bond donors (Lipinski definition) is 2. The minimum atomic E-state index is -3.81. The molecule has 12 heavy (non-hydrogen) atoms. The topological polar surface area (TPSA) is 106 Å². The number of carbonyl (C=O) groups is 2. The molecule has 0 aliphatic rings. The molecule has 0 aromatic heterocycles. The molecule has 7 heteroatoms. The molecule has 0 rings (SSSR count). The van der Waals surface area contributed by atoms with Crippen molar-refractivity contribution in [2.75, 3.05) is 5.75 Å². The van der Waals surface area contributed by atoms with Crippen LogP contribution in [-0.2, 0) is 19.4 Å². The van der Waals surface area contributed by atoms with Crippen LogP contribution in [-0.4, -0.2) is 25.2 Å². The maximum absolute atomic E-state index is 10.7. The van der Waals surface area contributed by atoms with Crippen molar-refractivity contribution in [2.24, 2.45) is 5.84 Å². The summed E-state index contributed by atoms with van der Waals surface area (Å²) in [7, 11) is -3.81. The van der Waals surface area contributed by atoms with E-state index in [0.29, 0.717) is 6.42 Å². The molecular formula is C5H9N2O4S. The zero-order valence-electron chi connectivity index (χ0n) is 6.40. The van der Waals surface area contributed by atoms with Crippen LogP contribution in [0.1, 0.15) is 6.92 Å². The van der Waals surface area contributed by atoms with Crippen molar-refractivity contribution in [3.63, 3.8) is 0 Å². The monoisotopic (exact) mass is 193 g/mol. The minimum Gasteiger partial charge on any atom is -0.294 e. The van der Waals surface area contributed by atoms with Crippen LogP contribution in [0.2, 0.25) is 0 Å². The Labute approximate surface area is 70.0 Å². The van der Waals surface area contributed by atoms with Gasteiger partial charge in [-0.3, -0.25) is 15.0 Å². The van der Waals surface area contributed by atoms with Gasteiger partial charge in [-0.1, -0.05) is 6.92 Å². The Hall–Kier alpha value is -0.950. The van der Waals surface area contributed by atoms with Crippen molar-refractivity contribution < 1.29 is 18.0 Å². The highest BCUT2D eigenvalue weighted by Crippen LogP contribution is 1.94. The Balaban J connectivity index is 4.34. The van der Waals surface area contributed by atoms with Gasteiger partial charge in [0.2, 0.25) is 15.7 Å². The van der Waals surface area contributed by atoms with E-state index in [1.807, 2.05) is 0 Å². The van der Waals surface area contributed by atoms with E-state index in [1.54, 1.807) is 5.43 Å². The van der Waals surface area contributed by atoms with Crippen molar-refractivity contribution >= 4 is 20.9 Å². The van der Waals surface area contributed by atoms with Crippen LogP contribution < -0.4 is 11.3 Å². The van der Waals surface area contributed by atoms with Crippen LogP contribution in [0, 0.1) is 6.42 Å². The summed E-state index contributed by atoms with van der Waals surface area (Å²) in [5, 5.41) is -1.23. The Bertz CT molecular complexity index is 282. The van der Waals surface area contributed by atoms with Crippen LogP contribution in [0.4, 0.5) is 0 Å². The van der Waals surface area contributed by atoms with E-state index in [9.17, 15) is 18.0 Å². The molecule has 0 saturated heterocycles. The van der Waals surface area contributed by atoms with E-state index in [2.05, 4.69) is 5.84 Å². The number of sulfone groups is 1. The molecule has 0 unspecified atom stereocenters. The van der Waals surface area contributed by atoms with E-state index in [1.165, 1.54) is 6.92 Å². The zero-order valence-corrected chi connectivity index (χ0v) is 7.22. The van der Waals surface area contributed by atoms with Crippen LogP contribution in [0.3, 0.4) is 0 Å². The molecule has 0 aliphatic heterocycles. The maximum atomic E-state index is 10.7. The van der Waals surface area contributed by atoms with Crippen LogP contribution in [0.25, 0.3) is 0 Å². The van der Waals surface area contributed by atoms with Crippen LogP contribution >= 0.6 is 0 Å². The van der Waals surface area contributed by atoms with Gasteiger partial charge in [-0.15, -0.1) is 0 Å². The van der Waals surface area contributed by atoms with Gasteiger partial charge >= 0.3 is 0 Å². The number of nitrogens with one attached hydrogen (secondary N) is 1. The molecule has 0 atom stereocenters. The second-order valence-electron chi connectivity index (χ2n) is 1.88. The maximum Gasteiger partial charge on any atom is 0.260 e. The number of hydrogen-bond acceptors (Lipinski definition) is 5. The van der Waals surface area contributed by atoms with Crippen LogP contribution in [0.15, 0.2) is 0 Å². The van der Waals surface area contributed by atoms with Crippen molar-refractivity contribution in [2.45, 2.75) is 6.92 Å². The summed E-state index contributed by atoms with van der Waals surface area (Å²) in [5.41, 5.74) is 1.61. The lowest BCUT2D eigenvalue weighted by atomic mass is 10.5. The molecular weight excluding hydrogens is 184 g/mol. The molecule has 3 N–H and O–H groups in total. The first kappa shape index (κ1) is 11.1. The van der Waals surface area contributed by atoms with Gasteiger partial charge in [0.15, 0.2) is 0 Å². The van der Waals surface area contributed by atoms with Gasteiger partial charge in [0, 0.05) is 0 Å². The summed E-state index contributed by atoms with van der Waals surface area (Å²) in [4.78, 5) is 21.1. The molecule has 0 fully saturated rings. The van der Waals surface area contributed by atoms with Gasteiger partial charge in [0.1, 0.15) is 6.42 Å². The largest absolute Gasteiger partial charge is 0.294 e. The fraction of sp³-hybridized carbons (Fsp3) is 0.400. The summed E-state index contributed by atoms with van der Waals surface area (Å²) in [6, 6.07) is 0. The smallest absolute Gasteiger partial charge is 0.260 e. The number of nitrogens with two attached hydrogens (primary N) is 1. The average Bonchev–Trinajstić information content (AvgIpc) is 2.04. The molecule has 0 aromatic rings. The average molecular weight is 193 g/mol. The van der Waals surface area contributed by atoms with Crippen molar-refractivity contribution in [3.05, 3.63) is 6.42 Å². The predicted octanol–water partition coefficient (Wildman–Crippen LogP) is -1.86. The highest BCUT2D eigenvalue weighted by Gasteiger charge is 2.22. The fourth-order valence-corrected chi connectivity index (χ4v) is 0.952. The number of rotatable bonds is 3. The second-order valence-corrected chi connectivity index (χ2v) is 4.08. The molecule has 0 aromatic carbocycles. The molecule has 0 bridgehead atoms. The first-order valence-electron chi connectivity index (χ1n) is 3.06. The third-order valence-corrected chi connectivity index (χ3v) is 2.57. The van der Waals surface area contributed by atoms with Gasteiger partial charge in [0.05, 0.1) is 5.75 Å². The zero-order chi connectivity index (χ0) is 9.78. The lowest BCUT2D eigenvalue weighted by molar-refractivity contribution is -0.120. The van der Waals surface area contributed by atoms with Gasteiger partial charge in [-0.2, -0.15) is 0 Å². The highest BCUT2D eigenvalue weighted by atomic mass is 32.2. The van der Waals surface area contributed by atoms with E-state index < -0.39 is 20.9 Å². The summed E-state index contributed by atoms with van der Waals surface area (Å²) < 4.78 is 21.5. The van der Waals surface area contributed by atoms with Gasteiger partial charge in [-0.05, 0) is 0 Å². The second kappa shape index (κ2) is 4.17. The summed E-state index contributed by atoms with van der Waals surface area (Å²) in [6.45, 7) is 1.31. The van der Waals surface area contributed by atoms with Crippen molar-refractivity contribution in [3.8, 4) is 0 Å². The first-order chi connectivity index (χ1) is 5.44. The lowest BCUT2D eigenvalue weighted by Gasteiger charge is -1.97. The van der Waals surface area contributed by atoms with Gasteiger partial charge in [0.25, 0.3) is 5.12 Å². The van der Waals surface area contributed by atoms with Crippen LogP contribution in [0.5, 0.6) is 0 Å². The highest BCUT2D eigenvalue weighted by molar-refractivity contribution is 8.06. The predicted molar refractivity (Wildman–Crippen MR) is 41.1 cm³/mol. The van der Waals surface area contributed by atoms with Crippen molar-refractivity contribution in [1.29, 1.82) is 0 Å². The third-order valence-electron chi connectivity index (χ3n) is 1.08. The quantitative estimate of drug-likeness (QED) is 0.236. The third kappa shape index (κ3) is 2.97. The Morgan fingerprint density at radius 2 is 2.00 bits per heavy atom. The van der Waals surface area contributed by atoms with E-state index in [0.717, 1.165) is 0 Å². The minimum absolute atomic E-state index is 0.333. The lowest BCUT2D eigenvalue weighted by Crippen LogP contribution is -2.34. The number of amides is 1. The van der Waals surface area contributed by atoms with Gasteiger partial charge in [-0.25, -0.2) is 14.3 Å². The number of hydrazine groups is 1. The van der Waals surface area contributed by atoms with Gasteiger partial charge < -0.3 is 0 Å². The number of carbonyl (C=O) groups excluding carboxylic acids is 2. The van der Waals surface area contributed by atoms with E-state index in [4.69, 9.17) is 0 Å². The standard InChI is InChI=1S/C5H9N2O4S/c1-2-12(10,11)5(9)3-4(8)7-6/h3H,2,6H2,1H3,(H,7,8).